The molecule has 0 aliphatic carbocycles. The molecule has 0 aromatic heterocycles. The Kier molecular flexibility index (Phi) is 11.0. The number of rotatable bonds is 10. The van der Waals surface area contributed by atoms with Crippen LogP contribution >= 0.6 is 0 Å². The Balaban J connectivity index is 1.20. The second-order valence-electron chi connectivity index (χ2n) is 12.9. The quantitative estimate of drug-likeness (QED) is 0.265. The summed E-state index contributed by atoms with van der Waals surface area (Å²) in [5, 5.41) is 0. The Bertz CT molecular complexity index is 1470. The Labute approximate surface area is 291 Å². The van der Waals surface area contributed by atoms with Crippen molar-refractivity contribution in [2.75, 3.05) is 92.9 Å². The smallest absolute Gasteiger partial charge is 0.334 e. The topological polar surface area (TPSA) is 137 Å². The Morgan fingerprint density at radius 1 is 0.660 bits per heavy atom. The molecule has 0 N–H and O–H groups in total. The molecule has 0 bridgehead atoms. The number of benzene rings is 2. The first-order valence-corrected chi connectivity index (χ1v) is 17.0. The lowest BCUT2D eigenvalue weighted by Crippen LogP contribution is -2.52. The Morgan fingerprint density at radius 2 is 1.04 bits per heavy atom. The lowest BCUT2D eigenvalue weighted by atomic mass is 10.1. The second kappa shape index (κ2) is 15.6. The van der Waals surface area contributed by atoms with E-state index in [-0.39, 0.29) is 37.7 Å². The maximum atomic E-state index is 13.5. The molecule has 2 atom stereocenters. The fourth-order valence-corrected chi connectivity index (χ4v) is 6.55. The lowest BCUT2D eigenvalue weighted by molar-refractivity contribution is -0.201. The van der Waals surface area contributed by atoms with Crippen molar-refractivity contribution in [1.82, 2.24) is 19.6 Å². The van der Waals surface area contributed by atoms with Crippen molar-refractivity contribution >= 4 is 23.8 Å². The molecule has 14 heteroatoms. The van der Waals surface area contributed by atoms with E-state index in [1.165, 1.54) is 9.80 Å². The molecule has 6 rings (SSSR count). The first kappa shape index (κ1) is 35.3. The van der Waals surface area contributed by atoms with Crippen LogP contribution in [0.5, 0.6) is 11.5 Å². The van der Waals surface area contributed by atoms with Gasteiger partial charge in [0.1, 0.15) is 11.5 Å². The van der Waals surface area contributed by atoms with Gasteiger partial charge in [0.2, 0.25) is 0 Å². The standard InChI is InChI=1S/C36H44N4O10/c1-37-25-35(13-15-39-17-21-45-22-18-39,47-29-9-5-3-7-27(29)33(37)43)49-31(41)11-12-32(42)50-36(14-16-40-19-23-46-24-20-40)26-38(2)34(44)28-8-4-6-10-30(28)48-36/h3-12H,13-26H2,1-2H3/b12-11+. The minimum atomic E-state index is -1.54. The third kappa shape index (κ3) is 8.44. The van der Waals surface area contributed by atoms with Crippen LogP contribution in [0, 0.1) is 0 Å². The molecule has 2 unspecified atom stereocenters. The van der Waals surface area contributed by atoms with Gasteiger partial charge in [0, 0.05) is 78.4 Å². The largest absolute Gasteiger partial charge is 0.449 e. The highest BCUT2D eigenvalue weighted by molar-refractivity contribution is 5.98. The third-order valence-corrected chi connectivity index (χ3v) is 9.23. The third-order valence-electron chi connectivity index (χ3n) is 9.23. The highest BCUT2D eigenvalue weighted by Crippen LogP contribution is 2.34. The zero-order chi connectivity index (χ0) is 35.1. The van der Waals surface area contributed by atoms with Crippen LogP contribution < -0.4 is 9.47 Å². The Morgan fingerprint density at radius 3 is 1.44 bits per heavy atom. The number of amides is 2. The number of carbonyl (C=O) groups excluding carboxylic acids is 4. The molecule has 2 amide bonds. The van der Waals surface area contributed by atoms with Crippen LogP contribution in [0.3, 0.4) is 0 Å². The van der Waals surface area contributed by atoms with Gasteiger partial charge in [-0.3, -0.25) is 19.4 Å². The minimum Gasteiger partial charge on any atom is -0.449 e. The van der Waals surface area contributed by atoms with Gasteiger partial charge in [-0.25, -0.2) is 9.59 Å². The average Bonchev–Trinajstić information content (AvgIpc) is 3.30. The van der Waals surface area contributed by atoms with Gasteiger partial charge >= 0.3 is 11.9 Å². The van der Waals surface area contributed by atoms with Crippen LogP contribution in [0.1, 0.15) is 33.6 Å². The molecule has 0 spiro atoms. The van der Waals surface area contributed by atoms with Crippen molar-refractivity contribution in [3.63, 3.8) is 0 Å². The molecule has 4 heterocycles. The van der Waals surface area contributed by atoms with E-state index in [0.29, 0.717) is 88.3 Å². The van der Waals surface area contributed by atoms with Gasteiger partial charge in [0.05, 0.1) is 50.6 Å². The molecule has 4 aliphatic heterocycles. The predicted octanol–water partition coefficient (Wildman–Crippen LogP) is 1.80. The fourth-order valence-electron chi connectivity index (χ4n) is 6.55. The molecule has 14 nitrogen and oxygen atoms in total. The normalized spacial score (nSPS) is 24.8. The van der Waals surface area contributed by atoms with Gasteiger partial charge in [-0.1, -0.05) is 24.3 Å². The molecular formula is C36H44N4O10. The van der Waals surface area contributed by atoms with Crippen molar-refractivity contribution in [2.24, 2.45) is 0 Å². The number of ether oxygens (including phenoxy) is 6. The average molecular weight is 693 g/mol. The molecule has 2 aromatic rings. The molecule has 50 heavy (non-hydrogen) atoms. The van der Waals surface area contributed by atoms with Crippen LogP contribution in [0.15, 0.2) is 60.7 Å². The lowest BCUT2D eigenvalue weighted by Gasteiger charge is -2.36. The van der Waals surface area contributed by atoms with Crippen molar-refractivity contribution in [3.8, 4) is 11.5 Å². The maximum Gasteiger partial charge on any atom is 0.334 e. The minimum absolute atomic E-state index is 0.0346. The summed E-state index contributed by atoms with van der Waals surface area (Å²) in [7, 11) is 3.25. The Hall–Kier alpha value is -4.50. The molecule has 4 aliphatic rings. The van der Waals surface area contributed by atoms with Crippen LogP contribution in [0.2, 0.25) is 0 Å². The number of fused-ring (bicyclic) bond motifs is 2. The molecule has 2 aromatic carbocycles. The zero-order valence-electron chi connectivity index (χ0n) is 28.5. The van der Waals surface area contributed by atoms with E-state index in [2.05, 4.69) is 9.80 Å². The summed E-state index contributed by atoms with van der Waals surface area (Å²) >= 11 is 0. The van der Waals surface area contributed by atoms with E-state index >= 15 is 0 Å². The SMILES string of the molecule is CN1CC(CCN2CCOCC2)(OC(=O)/C=C/C(=O)OC2(CCN3CCOCC3)CN(C)C(=O)c3ccccc3O2)Oc2ccccc2C1=O. The van der Waals surface area contributed by atoms with Gasteiger partial charge in [-0.05, 0) is 24.3 Å². The number of esters is 2. The van der Waals surface area contributed by atoms with Gasteiger partial charge in [0.25, 0.3) is 23.4 Å². The summed E-state index contributed by atoms with van der Waals surface area (Å²) in [5.74, 6) is -4.73. The van der Waals surface area contributed by atoms with Gasteiger partial charge < -0.3 is 38.2 Å². The van der Waals surface area contributed by atoms with Crippen LogP contribution in [0.25, 0.3) is 0 Å². The van der Waals surface area contributed by atoms with E-state index in [0.717, 1.165) is 12.2 Å². The number of carbonyl (C=O) groups is 4. The number of morpholine rings is 2. The first-order chi connectivity index (χ1) is 24.1. The highest BCUT2D eigenvalue weighted by Gasteiger charge is 2.45. The van der Waals surface area contributed by atoms with Gasteiger partial charge in [-0.15, -0.1) is 0 Å². The van der Waals surface area contributed by atoms with Crippen molar-refractivity contribution < 1.29 is 47.6 Å². The maximum absolute atomic E-state index is 13.5. The van der Waals surface area contributed by atoms with Crippen molar-refractivity contribution in [2.45, 2.75) is 24.4 Å². The summed E-state index contributed by atoms with van der Waals surface area (Å²) in [5.41, 5.74) is 0.712. The predicted molar refractivity (Wildman–Crippen MR) is 179 cm³/mol. The molecule has 2 fully saturated rings. The van der Waals surface area contributed by atoms with E-state index < -0.39 is 23.5 Å². The van der Waals surface area contributed by atoms with Gasteiger partial charge in [0.15, 0.2) is 0 Å². The monoisotopic (exact) mass is 692 g/mol. The van der Waals surface area contributed by atoms with Crippen LogP contribution in [-0.2, 0) is 28.5 Å². The molecular weight excluding hydrogens is 648 g/mol. The molecule has 268 valence electrons. The molecule has 0 saturated carbocycles. The number of hydrogen-bond donors (Lipinski definition) is 0. The number of para-hydroxylation sites is 2. The summed E-state index contributed by atoms with van der Waals surface area (Å²) < 4.78 is 35.7. The van der Waals surface area contributed by atoms with E-state index in [4.69, 9.17) is 28.4 Å². The van der Waals surface area contributed by atoms with Crippen molar-refractivity contribution in [1.29, 1.82) is 0 Å². The van der Waals surface area contributed by atoms with Gasteiger partial charge in [-0.2, -0.15) is 0 Å². The summed E-state index contributed by atoms with van der Waals surface area (Å²) in [6.45, 7) is 6.17. The number of likely N-dealkylation sites (N-methyl/N-ethyl adjacent to an activating group) is 2. The van der Waals surface area contributed by atoms with E-state index in [1.54, 1.807) is 62.6 Å². The molecule has 2 saturated heterocycles. The highest BCUT2D eigenvalue weighted by atomic mass is 16.7. The molecule has 0 radical (unpaired) electrons. The zero-order valence-corrected chi connectivity index (χ0v) is 28.5. The van der Waals surface area contributed by atoms with Crippen molar-refractivity contribution in [3.05, 3.63) is 71.8 Å². The summed E-state index contributed by atoms with van der Waals surface area (Å²) in [6.07, 6.45) is 2.47. The summed E-state index contributed by atoms with van der Waals surface area (Å²) in [6, 6.07) is 13.6. The number of nitrogens with zero attached hydrogens (tertiary/aromatic N) is 4. The number of hydrogen-bond acceptors (Lipinski definition) is 12. The van der Waals surface area contributed by atoms with Crippen LogP contribution in [-0.4, -0.2) is 148 Å². The van der Waals surface area contributed by atoms with E-state index in [9.17, 15) is 19.2 Å². The van der Waals surface area contributed by atoms with Crippen LogP contribution in [0.4, 0.5) is 0 Å². The fraction of sp³-hybridized carbons (Fsp3) is 0.500. The summed E-state index contributed by atoms with van der Waals surface area (Å²) in [4.78, 5) is 60.6. The first-order valence-electron chi connectivity index (χ1n) is 17.0. The second-order valence-corrected chi connectivity index (χ2v) is 12.9. The van der Waals surface area contributed by atoms with E-state index in [1.807, 2.05) is 0 Å².